The predicted octanol–water partition coefficient (Wildman–Crippen LogP) is 3.59. The summed E-state index contributed by atoms with van der Waals surface area (Å²) < 4.78 is 10.2. The Morgan fingerprint density at radius 2 is 1.76 bits per heavy atom. The first-order chi connectivity index (χ1) is 8.11. The van der Waals surface area contributed by atoms with Crippen molar-refractivity contribution in [3.8, 4) is 5.75 Å². The number of hydrogen-bond acceptors (Lipinski definition) is 2. The lowest BCUT2D eigenvalue weighted by Crippen LogP contribution is -1.90. The fourth-order valence-electron chi connectivity index (χ4n) is 2.65. The predicted molar refractivity (Wildman–Crippen MR) is 69.2 cm³/mol. The molecule has 1 aliphatic rings. The normalized spacial score (nSPS) is 25.9. The van der Waals surface area contributed by atoms with Gasteiger partial charge in [0, 0.05) is 0 Å². The van der Waals surface area contributed by atoms with E-state index in [-0.39, 0.29) is 0 Å². The van der Waals surface area contributed by atoms with Crippen molar-refractivity contribution in [2.75, 3.05) is 14.2 Å². The Balaban J connectivity index is 2.15. The third kappa shape index (κ3) is 2.17. The Morgan fingerprint density at radius 1 is 1.12 bits per heavy atom. The summed E-state index contributed by atoms with van der Waals surface area (Å²) in [5.41, 5.74) is 1.70. The van der Waals surface area contributed by atoms with Gasteiger partial charge in [-0.05, 0) is 41.0 Å². The molecule has 0 aliphatic heterocycles. The number of rotatable bonds is 4. The van der Waals surface area contributed by atoms with Crippen molar-refractivity contribution < 1.29 is 9.47 Å². The highest BCUT2D eigenvalue weighted by Gasteiger charge is 2.56. The minimum absolute atomic E-state index is 0.323. The van der Waals surface area contributed by atoms with Gasteiger partial charge in [0.2, 0.25) is 0 Å². The van der Waals surface area contributed by atoms with Gasteiger partial charge >= 0.3 is 0 Å². The van der Waals surface area contributed by atoms with Crippen molar-refractivity contribution >= 4 is 0 Å². The second-order valence-electron chi connectivity index (χ2n) is 5.16. The van der Waals surface area contributed by atoms with Crippen LogP contribution in [0.3, 0.4) is 0 Å². The lowest BCUT2D eigenvalue weighted by Gasteiger charge is -2.04. The third-order valence-corrected chi connectivity index (χ3v) is 3.81. The van der Waals surface area contributed by atoms with E-state index in [1.54, 1.807) is 20.5 Å². The van der Waals surface area contributed by atoms with Gasteiger partial charge < -0.3 is 9.47 Å². The molecule has 0 N–H and O–H groups in total. The van der Waals surface area contributed by atoms with Gasteiger partial charge in [0.05, 0.1) is 20.5 Å². The van der Waals surface area contributed by atoms with Crippen molar-refractivity contribution in [2.24, 2.45) is 11.3 Å². The van der Waals surface area contributed by atoms with E-state index in [1.165, 1.54) is 5.56 Å². The Kier molecular flexibility index (Phi) is 3.14. The first kappa shape index (κ1) is 12.0. The van der Waals surface area contributed by atoms with Crippen LogP contribution in [0.15, 0.2) is 36.6 Å². The Morgan fingerprint density at radius 3 is 2.29 bits per heavy atom. The fraction of sp³-hybridized carbons (Fsp3) is 0.467. The zero-order chi connectivity index (χ0) is 12.5. The molecule has 0 radical (unpaired) electrons. The van der Waals surface area contributed by atoms with E-state index >= 15 is 0 Å². The van der Waals surface area contributed by atoms with Crippen LogP contribution in [0.5, 0.6) is 5.75 Å². The van der Waals surface area contributed by atoms with E-state index in [2.05, 4.69) is 32.1 Å². The highest BCUT2D eigenvalue weighted by atomic mass is 16.5. The minimum Gasteiger partial charge on any atom is -0.505 e. The molecule has 1 aliphatic carbocycles. The molecule has 2 nitrogen and oxygen atoms in total. The van der Waals surface area contributed by atoms with Crippen LogP contribution in [0.2, 0.25) is 0 Å². The topological polar surface area (TPSA) is 18.5 Å². The van der Waals surface area contributed by atoms with E-state index in [4.69, 9.17) is 9.47 Å². The molecule has 0 heterocycles. The molecule has 0 amide bonds. The summed E-state index contributed by atoms with van der Waals surface area (Å²) in [6, 6.07) is 8.37. The molecule has 2 heteroatoms. The van der Waals surface area contributed by atoms with Gasteiger partial charge in [-0.2, -0.15) is 0 Å². The van der Waals surface area contributed by atoms with Crippen LogP contribution >= 0.6 is 0 Å². The molecule has 2 rings (SSSR count). The van der Waals surface area contributed by atoms with Gasteiger partial charge in [0.1, 0.15) is 5.75 Å². The van der Waals surface area contributed by atoms with Crippen LogP contribution in [-0.4, -0.2) is 14.2 Å². The van der Waals surface area contributed by atoms with Gasteiger partial charge in [-0.1, -0.05) is 26.0 Å². The summed E-state index contributed by atoms with van der Waals surface area (Å²) in [6.45, 7) is 4.60. The second kappa shape index (κ2) is 4.44. The molecule has 0 bridgehead atoms. The zero-order valence-corrected chi connectivity index (χ0v) is 10.9. The standard InChI is InChI=1S/C15H20O2/c1-15(2)13(9-10-16-3)14(15)11-5-7-12(17-4)8-6-11/h5-10,13-14H,1-4H3. The first-order valence-corrected chi connectivity index (χ1v) is 5.94. The van der Waals surface area contributed by atoms with Crippen LogP contribution in [0, 0.1) is 11.3 Å². The van der Waals surface area contributed by atoms with E-state index in [0.29, 0.717) is 17.3 Å². The zero-order valence-electron chi connectivity index (χ0n) is 10.9. The average Bonchev–Trinajstić information content (AvgIpc) is 2.88. The number of ether oxygens (including phenoxy) is 2. The summed E-state index contributed by atoms with van der Waals surface area (Å²) >= 11 is 0. The molecular formula is C15H20O2. The van der Waals surface area contributed by atoms with Crippen molar-refractivity contribution in [3.05, 3.63) is 42.2 Å². The number of methoxy groups -OCH3 is 2. The number of benzene rings is 1. The molecule has 0 aromatic heterocycles. The molecule has 17 heavy (non-hydrogen) atoms. The number of allylic oxidation sites excluding steroid dienone is 1. The highest BCUT2D eigenvalue weighted by molar-refractivity contribution is 5.37. The maximum atomic E-state index is 5.18. The largest absolute Gasteiger partial charge is 0.505 e. The average molecular weight is 232 g/mol. The maximum absolute atomic E-state index is 5.18. The van der Waals surface area contributed by atoms with Crippen LogP contribution in [-0.2, 0) is 4.74 Å². The first-order valence-electron chi connectivity index (χ1n) is 5.94. The molecule has 1 fully saturated rings. The van der Waals surface area contributed by atoms with Crippen molar-refractivity contribution in [1.82, 2.24) is 0 Å². The van der Waals surface area contributed by atoms with Gasteiger partial charge in [0.15, 0.2) is 0 Å². The molecule has 2 atom stereocenters. The molecule has 1 aromatic rings. The highest BCUT2D eigenvalue weighted by Crippen LogP contribution is 2.65. The van der Waals surface area contributed by atoms with E-state index in [0.717, 1.165) is 5.75 Å². The SMILES string of the molecule is COC=CC1C(c2ccc(OC)cc2)C1(C)C. The van der Waals surface area contributed by atoms with Gasteiger partial charge in [-0.3, -0.25) is 0 Å². The van der Waals surface area contributed by atoms with Crippen LogP contribution in [0.1, 0.15) is 25.3 Å². The smallest absolute Gasteiger partial charge is 0.118 e. The lowest BCUT2D eigenvalue weighted by atomic mass is 10.0. The molecule has 92 valence electrons. The Hall–Kier alpha value is -1.44. The summed E-state index contributed by atoms with van der Waals surface area (Å²) in [7, 11) is 3.38. The maximum Gasteiger partial charge on any atom is 0.118 e. The van der Waals surface area contributed by atoms with Crippen LogP contribution in [0.25, 0.3) is 0 Å². The second-order valence-corrected chi connectivity index (χ2v) is 5.16. The molecular weight excluding hydrogens is 212 g/mol. The lowest BCUT2D eigenvalue weighted by molar-refractivity contribution is 0.335. The van der Waals surface area contributed by atoms with Gasteiger partial charge in [-0.25, -0.2) is 0 Å². The number of hydrogen-bond donors (Lipinski definition) is 0. The van der Waals surface area contributed by atoms with Crippen molar-refractivity contribution in [1.29, 1.82) is 0 Å². The Bertz CT molecular complexity index is 403. The van der Waals surface area contributed by atoms with Crippen molar-refractivity contribution in [3.63, 3.8) is 0 Å². The molecule has 1 saturated carbocycles. The van der Waals surface area contributed by atoms with E-state index in [1.807, 2.05) is 12.1 Å². The summed E-state index contributed by atoms with van der Waals surface area (Å²) in [5, 5.41) is 0. The van der Waals surface area contributed by atoms with Crippen LogP contribution < -0.4 is 4.74 Å². The quantitative estimate of drug-likeness (QED) is 0.738. The third-order valence-electron chi connectivity index (χ3n) is 3.81. The van der Waals surface area contributed by atoms with Crippen molar-refractivity contribution in [2.45, 2.75) is 19.8 Å². The Labute approximate surface area is 103 Å². The molecule has 1 aromatic carbocycles. The van der Waals surface area contributed by atoms with E-state index < -0.39 is 0 Å². The summed E-state index contributed by atoms with van der Waals surface area (Å²) in [6.07, 6.45) is 3.95. The molecule has 0 saturated heterocycles. The molecule has 2 unspecified atom stereocenters. The monoisotopic (exact) mass is 232 g/mol. The van der Waals surface area contributed by atoms with Crippen LogP contribution in [0.4, 0.5) is 0 Å². The summed E-state index contributed by atoms with van der Waals surface area (Å²) in [5.74, 6) is 2.06. The van der Waals surface area contributed by atoms with Gasteiger partial charge in [0.25, 0.3) is 0 Å². The summed E-state index contributed by atoms with van der Waals surface area (Å²) in [4.78, 5) is 0. The minimum atomic E-state index is 0.323. The molecule has 0 spiro atoms. The fourth-order valence-corrected chi connectivity index (χ4v) is 2.65. The van der Waals surface area contributed by atoms with E-state index in [9.17, 15) is 0 Å². The van der Waals surface area contributed by atoms with Gasteiger partial charge in [-0.15, -0.1) is 0 Å².